The number of hydrogen-bond acceptors (Lipinski definition) is 18. The SMILES string of the molecule is COC(=O)/C(C)=C1\CC2(O)C(=O)CC(C1C)C21Oc2c(CC=C(C)C)c3c(c(OC(=O)c4ccc(O[C@@H]5O[C@H](CO)[C@@H](O)[C@H](O)[C@H]5O)cc4)c2C(=O)C1C(C)n1cnc(N)n1)C=CC(C)(CCC=C(C)C)O3. The van der Waals surface area contributed by atoms with Gasteiger partial charge in [-0.2, -0.15) is 0 Å². The zero-order valence-electron chi connectivity index (χ0n) is 41.9. The summed E-state index contributed by atoms with van der Waals surface area (Å²) in [5.41, 5.74) is 3.99. The summed E-state index contributed by atoms with van der Waals surface area (Å²) in [5, 5.41) is 58.5. The van der Waals surface area contributed by atoms with Crippen LogP contribution in [0.4, 0.5) is 5.95 Å². The highest BCUT2D eigenvalue weighted by atomic mass is 16.7. The van der Waals surface area contributed by atoms with Crippen molar-refractivity contribution in [2.45, 2.75) is 141 Å². The largest absolute Gasteiger partial charge is 0.482 e. The quantitative estimate of drug-likeness (QED) is 0.0585. The highest BCUT2D eigenvalue weighted by Crippen LogP contribution is 2.66. The number of ether oxygens (including phenoxy) is 6. The summed E-state index contributed by atoms with van der Waals surface area (Å²) in [6.07, 6.45) is 2.08. The van der Waals surface area contributed by atoms with Crippen molar-refractivity contribution in [2.75, 3.05) is 19.5 Å². The summed E-state index contributed by atoms with van der Waals surface area (Å²) in [5.74, 6) is -5.72. The number of esters is 2. The highest BCUT2D eigenvalue weighted by Gasteiger charge is 2.77. The average molecular weight is 997 g/mol. The lowest BCUT2D eigenvalue weighted by molar-refractivity contribution is -0.277. The summed E-state index contributed by atoms with van der Waals surface area (Å²) < 4.78 is 38.6. The molecule has 19 heteroatoms. The molecule has 72 heavy (non-hydrogen) atoms. The van der Waals surface area contributed by atoms with Crippen LogP contribution in [0.15, 0.2) is 71.1 Å². The van der Waals surface area contributed by atoms with E-state index in [1.165, 1.54) is 42.4 Å². The molecule has 3 aliphatic heterocycles. The molecule has 0 amide bonds. The Morgan fingerprint density at radius 1 is 1.00 bits per heavy atom. The summed E-state index contributed by atoms with van der Waals surface area (Å²) >= 11 is 0. The van der Waals surface area contributed by atoms with Crippen molar-refractivity contribution in [3.05, 3.63) is 93.4 Å². The molecule has 2 aliphatic carbocycles. The number of ketones is 2. The first-order chi connectivity index (χ1) is 34.0. The van der Waals surface area contributed by atoms with E-state index in [0.29, 0.717) is 24.0 Å². The van der Waals surface area contributed by atoms with E-state index >= 15 is 4.79 Å². The van der Waals surface area contributed by atoms with E-state index in [0.717, 1.165) is 11.1 Å². The molecule has 4 heterocycles. The van der Waals surface area contributed by atoms with Crippen LogP contribution in [0.3, 0.4) is 0 Å². The molecule has 7 N–H and O–H groups in total. The van der Waals surface area contributed by atoms with Crippen LogP contribution < -0.4 is 24.7 Å². The highest BCUT2D eigenvalue weighted by molar-refractivity contribution is 6.10. The maximum absolute atomic E-state index is 16.3. The number of rotatable bonds is 13. The van der Waals surface area contributed by atoms with Crippen LogP contribution in [0, 0.1) is 17.8 Å². The fraction of sp³-hybridized carbons (Fsp3) is 0.509. The molecule has 8 rings (SSSR count). The maximum Gasteiger partial charge on any atom is 0.343 e. The fourth-order valence-corrected chi connectivity index (χ4v) is 11.1. The molecule has 1 spiro atoms. The molecule has 19 nitrogen and oxygen atoms in total. The van der Waals surface area contributed by atoms with Gasteiger partial charge < -0.3 is 59.7 Å². The van der Waals surface area contributed by atoms with Gasteiger partial charge in [-0.05, 0) is 110 Å². The van der Waals surface area contributed by atoms with Gasteiger partial charge in [0.15, 0.2) is 28.5 Å². The van der Waals surface area contributed by atoms with E-state index in [4.69, 9.17) is 34.2 Å². The molecule has 1 saturated heterocycles. The van der Waals surface area contributed by atoms with Crippen LogP contribution >= 0.6 is 0 Å². The van der Waals surface area contributed by atoms with Gasteiger partial charge in [-0.1, -0.05) is 35.8 Å². The number of allylic oxidation sites excluding steroid dienone is 4. The van der Waals surface area contributed by atoms with Crippen molar-refractivity contribution in [1.29, 1.82) is 0 Å². The Hall–Kier alpha value is -6.22. The average Bonchev–Trinajstić information content (AvgIpc) is 3.83. The number of nitrogens with zero attached hydrogens (tertiary/aromatic N) is 3. The second-order valence-corrected chi connectivity index (χ2v) is 20.3. The summed E-state index contributed by atoms with van der Waals surface area (Å²) in [6.45, 7) is 14.2. The number of anilines is 1. The van der Waals surface area contributed by atoms with Gasteiger partial charge in [-0.15, -0.1) is 5.10 Å². The third kappa shape index (κ3) is 8.82. The van der Waals surface area contributed by atoms with Crippen molar-refractivity contribution >= 4 is 35.5 Å². The molecule has 5 aliphatic rings. The number of Topliss-reactive ketones (excluding diaryl/α,β-unsaturated/α-hetero) is 2. The zero-order chi connectivity index (χ0) is 52.4. The smallest absolute Gasteiger partial charge is 0.343 e. The third-order valence-electron chi connectivity index (χ3n) is 15.0. The number of nitrogen functional groups attached to an aromatic ring is 1. The van der Waals surface area contributed by atoms with Crippen LogP contribution in [0.2, 0.25) is 0 Å². The van der Waals surface area contributed by atoms with Crippen molar-refractivity contribution in [2.24, 2.45) is 17.8 Å². The number of fused-ring (bicyclic) bond motifs is 2. The standard InChI is InChI=1S/C53H64N4O15/c1-25(2)11-10-19-51(8)20-18-33-44(71-51)32(17-12-26(3)4)46-38(45(33)70-48(65)30-13-15-31(16-14-30)68-49-43(63)42(62)40(60)36(23-58)69-49)41(61)39(29(7)57-24-55-50(54)56-57)53(72-46)35-21-37(59)52(53,66)22-34(27(35)5)28(6)47(64)67-9/h11-16,18,20,24,27,29,35-36,39-40,42-43,49,58,60,62-63,66H,10,17,19,21-23H2,1-9H3,(H2,54,56)/b34-28+/t27?,29?,35?,36-,39?,40-,42+,43-,49-,51?,52?,53?/m1/s1. The second kappa shape index (κ2) is 19.7. The van der Waals surface area contributed by atoms with Gasteiger partial charge in [-0.25, -0.2) is 19.3 Å². The topological polar surface area (TPSA) is 282 Å². The molecule has 3 fully saturated rings. The maximum atomic E-state index is 16.3. The molecule has 2 aromatic carbocycles. The number of benzene rings is 2. The van der Waals surface area contributed by atoms with Gasteiger partial charge in [-0.3, -0.25) is 9.59 Å². The van der Waals surface area contributed by atoms with Crippen LogP contribution in [0.5, 0.6) is 23.0 Å². The zero-order valence-corrected chi connectivity index (χ0v) is 41.9. The molecule has 386 valence electrons. The first-order valence-electron chi connectivity index (χ1n) is 24.1. The van der Waals surface area contributed by atoms with E-state index < -0.39 is 101 Å². The molecule has 3 aromatic rings. The lowest BCUT2D eigenvalue weighted by Gasteiger charge is -2.57. The Morgan fingerprint density at radius 2 is 1.69 bits per heavy atom. The summed E-state index contributed by atoms with van der Waals surface area (Å²) in [7, 11) is 1.25. The number of hydrogen-bond donors (Lipinski definition) is 6. The lowest BCUT2D eigenvalue weighted by atomic mass is 9.55. The third-order valence-corrected chi connectivity index (χ3v) is 15.0. The second-order valence-electron chi connectivity index (χ2n) is 20.3. The Balaban J connectivity index is 1.32. The van der Waals surface area contributed by atoms with Gasteiger partial charge in [0.1, 0.15) is 59.2 Å². The van der Waals surface area contributed by atoms with Crippen LogP contribution in [-0.4, -0.2) is 125 Å². The van der Waals surface area contributed by atoms with Gasteiger partial charge in [0.05, 0.1) is 36.8 Å². The van der Waals surface area contributed by atoms with Crippen molar-refractivity contribution in [3.8, 4) is 23.0 Å². The Bertz CT molecular complexity index is 2790. The number of carbonyl (C=O) groups is 4. The molecular formula is C53H64N4O15. The lowest BCUT2D eigenvalue weighted by Crippen LogP contribution is -2.71. The molecule has 2 saturated carbocycles. The number of aliphatic hydroxyl groups is 5. The van der Waals surface area contributed by atoms with Crippen LogP contribution in [0.25, 0.3) is 6.08 Å². The van der Waals surface area contributed by atoms with Crippen molar-refractivity contribution in [3.63, 3.8) is 0 Å². The molecular weight excluding hydrogens is 933 g/mol. The minimum atomic E-state index is -2.40. The monoisotopic (exact) mass is 996 g/mol. The number of aromatic nitrogens is 3. The Kier molecular flexibility index (Phi) is 14.2. The first kappa shape index (κ1) is 52.1. The number of nitrogens with two attached hydrogens (primary N) is 1. The molecule has 1 aromatic heterocycles. The van der Waals surface area contributed by atoms with E-state index in [-0.39, 0.29) is 70.5 Å². The molecule has 12 atom stereocenters. The fourth-order valence-electron chi connectivity index (χ4n) is 11.1. The van der Waals surface area contributed by atoms with E-state index in [1.54, 1.807) is 19.9 Å². The van der Waals surface area contributed by atoms with E-state index in [1.807, 2.05) is 53.7 Å². The molecule has 2 bridgehead atoms. The minimum Gasteiger partial charge on any atom is -0.482 e. The normalized spacial score (nSPS) is 31.4. The Morgan fingerprint density at radius 3 is 2.32 bits per heavy atom. The predicted octanol–water partition coefficient (Wildman–Crippen LogP) is 4.72. The van der Waals surface area contributed by atoms with Crippen LogP contribution in [0.1, 0.15) is 119 Å². The van der Waals surface area contributed by atoms with Gasteiger partial charge in [0.2, 0.25) is 12.2 Å². The molecule has 0 radical (unpaired) electrons. The minimum absolute atomic E-state index is 0.0115. The number of methoxy groups -OCH3 is 1. The van der Waals surface area contributed by atoms with Gasteiger partial charge >= 0.3 is 11.9 Å². The van der Waals surface area contributed by atoms with Crippen LogP contribution in [-0.2, 0) is 25.5 Å². The molecule has 7 unspecified atom stereocenters. The van der Waals surface area contributed by atoms with Gasteiger partial charge in [0, 0.05) is 29.9 Å². The van der Waals surface area contributed by atoms with Crippen molar-refractivity contribution < 1.29 is 73.1 Å². The summed E-state index contributed by atoms with van der Waals surface area (Å²) in [4.78, 5) is 62.8. The summed E-state index contributed by atoms with van der Waals surface area (Å²) in [6, 6.07) is 4.50. The number of aliphatic hydroxyl groups excluding tert-OH is 4. The number of carbonyl (C=O) groups excluding carboxylic acids is 4. The predicted molar refractivity (Wildman–Crippen MR) is 259 cm³/mol. The Labute approximate surface area is 416 Å². The van der Waals surface area contributed by atoms with Gasteiger partial charge in [0.25, 0.3) is 0 Å². The van der Waals surface area contributed by atoms with Crippen molar-refractivity contribution in [1.82, 2.24) is 14.8 Å². The first-order valence-corrected chi connectivity index (χ1v) is 24.1. The van der Waals surface area contributed by atoms with E-state index in [9.17, 15) is 39.9 Å². The van der Waals surface area contributed by atoms with E-state index in [2.05, 4.69) is 16.2 Å².